The van der Waals surface area contributed by atoms with Crippen molar-refractivity contribution in [3.63, 3.8) is 0 Å². The van der Waals surface area contributed by atoms with Crippen LogP contribution in [0, 0.1) is 17.3 Å². The maximum Gasteiger partial charge on any atom is -0.0235 e. The van der Waals surface area contributed by atoms with E-state index in [-0.39, 0.29) is 0 Å². The molecule has 0 atom stereocenters. The molecule has 20 heavy (non-hydrogen) atoms. The van der Waals surface area contributed by atoms with Crippen molar-refractivity contribution < 1.29 is 0 Å². The highest BCUT2D eigenvalue weighted by Crippen LogP contribution is 2.50. The molecule has 116 valence electrons. The van der Waals surface area contributed by atoms with Gasteiger partial charge in [-0.1, -0.05) is 70.9 Å². The number of allylic oxidation sites excluding steroid dienone is 2. The van der Waals surface area contributed by atoms with Crippen LogP contribution in [0.15, 0.2) is 12.2 Å². The van der Waals surface area contributed by atoms with Gasteiger partial charge in [-0.05, 0) is 55.8 Å². The van der Waals surface area contributed by atoms with Crippen molar-refractivity contribution in [2.75, 3.05) is 0 Å². The van der Waals surface area contributed by atoms with E-state index in [9.17, 15) is 0 Å². The van der Waals surface area contributed by atoms with E-state index in [1.807, 2.05) is 0 Å². The lowest BCUT2D eigenvalue weighted by molar-refractivity contribution is 0.0427. The molecule has 2 saturated carbocycles. The first-order chi connectivity index (χ1) is 9.77. The van der Waals surface area contributed by atoms with Gasteiger partial charge in [-0.25, -0.2) is 0 Å². The molecule has 0 aliphatic heterocycles. The summed E-state index contributed by atoms with van der Waals surface area (Å²) in [5.41, 5.74) is 0.602. The van der Waals surface area contributed by atoms with Gasteiger partial charge in [0.1, 0.15) is 0 Å². The van der Waals surface area contributed by atoms with E-state index in [0.717, 1.165) is 11.8 Å². The highest BCUT2D eigenvalue weighted by molar-refractivity contribution is 4.97. The molecule has 0 radical (unpaired) electrons. The summed E-state index contributed by atoms with van der Waals surface area (Å²) in [4.78, 5) is 0. The van der Waals surface area contributed by atoms with Gasteiger partial charge in [0.15, 0.2) is 0 Å². The third kappa shape index (κ3) is 4.12. The average Bonchev–Trinajstić information content (AvgIpc) is 2.53. The number of hydrogen-bond acceptors (Lipinski definition) is 0. The SMILES string of the molecule is CCC/C=C/CC(C)(C1CCCCC1)C1CCCCC1. The van der Waals surface area contributed by atoms with Crippen molar-refractivity contribution in [2.24, 2.45) is 17.3 Å². The first-order valence-electron chi connectivity index (χ1n) is 9.42. The molecule has 0 bridgehead atoms. The molecule has 2 aliphatic carbocycles. The highest BCUT2D eigenvalue weighted by Gasteiger charge is 2.40. The minimum absolute atomic E-state index is 0.602. The molecular weight excluding hydrogens is 240 g/mol. The predicted octanol–water partition coefficient (Wildman–Crippen LogP) is 6.90. The summed E-state index contributed by atoms with van der Waals surface area (Å²) in [7, 11) is 0. The molecule has 0 aromatic rings. The van der Waals surface area contributed by atoms with Crippen molar-refractivity contribution in [1.82, 2.24) is 0 Å². The zero-order chi connectivity index (χ0) is 14.3. The Kier molecular flexibility index (Phi) is 6.65. The largest absolute Gasteiger partial charge is 0.0885 e. The van der Waals surface area contributed by atoms with Gasteiger partial charge in [0, 0.05) is 0 Å². The third-order valence-corrected chi connectivity index (χ3v) is 6.26. The van der Waals surface area contributed by atoms with Crippen LogP contribution >= 0.6 is 0 Å². The second-order valence-electron chi connectivity index (χ2n) is 7.64. The molecule has 0 amide bonds. The Balaban J connectivity index is 2.03. The van der Waals surface area contributed by atoms with Gasteiger partial charge in [-0.15, -0.1) is 0 Å². The van der Waals surface area contributed by atoms with E-state index in [1.165, 1.54) is 83.5 Å². The Bertz CT molecular complexity index is 258. The van der Waals surface area contributed by atoms with E-state index in [1.54, 1.807) is 0 Å². The van der Waals surface area contributed by atoms with Gasteiger partial charge in [0.25, 0.3) is 0 Å². The molecule has 0 N–H and O–H groups in total. The van der Waals surface area contributed by atoms with E-state index in [0.29, 0.717) is 5.41 Å². The van der Waals surface area contributed by atoms with Gasteiger partial charge in [0.2, 0.25) is 0 Å². The molecule has 0 heterocycles. The first kappa shape index (κ1) is 16.1. The average molecular weight is 277 g/mol. The van der Waals surface area contributed by atoms with E-state index >= 15 is 0 Å². The zero-order valence-corrected chi connectivity index (χ0v) is 14.0. The summed E-state index contributed by atoms with van der Waals surface area (Å²) in [5, 5.41) is 0. The van der Waals surface area contributed by atoms with Gasteiger partial charge in [0.05, 0.1) is 0 Å². The molecule has 0 aromatic heterocycles. The smallest absolute Gasteiger partial charge is 0.0235 e. The molecule has 0 saturated heterocycles. The van der Waals surface area contributed by atoms with E-state index < -0.39 is 0 Å². The molecule has 2 rings (SSSR count). The predicted molar refractivity (Wildman–Crippen MR) is 89.9 cm³/mol. The molecule has 0 spiro atoms. The fourth-order valence-corrected chi connectivity index (χ4v) is 4.81. The van der Waals surface area contributed by atoms with Crippen LogP contribution in [0.4, 0.5) is 0 Å². The standard InChI is InChI=1S/C20H36/c1-3-4-5-12-17-20(2,18-13-8-6-9-14-18)19-15-10-7-11-16-19/h5,12,18-19H,3-4,6-11,13-17H2,1-2H3/b12-5+. The van der Waals surface area contributed by atoms with E-state index in [4.69, 9.17) is 0 Å². The van der Waals surface area contributed by atoms with E-state index in [2.05, 4.69) is 26.0 Å². The number of unbranched alkanes of at least 4 members (excludes halogenated alkanes) is 1. The van der Waals surface area contributed by atoms with Crippen LogP contribution in [0.2, 0.25) is 0 Å². The zero-order valence-electron chi connectivity index (χ0n) is 14.0. The Morgan fingerprint density at radius 1 is 0.800 bits per heavy atom. The summed E-state index contributed by atoms with van der Waals surface area (Å²) in [6.07, 6.45) is 23.9. The number of hydrogen-bond donors (Lipinski definition) is 0. The molecule has 0 nitrogen and oxygen atoms in total. The van der Waals surface area contributed by atoms with Crippen molar-refractivity contribution in [2.45, 2.75) is 97.3 Å². The van der Waals surface area contributed by atoms with Crippen LogP contribution in [0.3, 0.4) is 0 Å². The summed E-state index contributed by atoms with van der Waals surface area (Å²) in [6, 6.07) is 0. The Labute approximate surface area is 127 Å². The van der Waals surface area contributed by atoms with Gasteiger partial charge >= 0.3 is 0 Å². The lowest BCUT2D eigenvalue weighted by atomic mass is 9.58. The summed E-state index contributed by atoms with van der Waals surface area (Å²) >= 11 is 0. The van der Waals surface area contributed by atoms with Gasteiger partial charge < -0.3 is 0 Å². The van der Waals surface area contributed by atoms with Crippen LogP contribution in [0.25, 0.3) is 0 Å². The second-order valence-corrected chi connectivity index (χ2v) is 7.64. The maximum atomic E-state index is 2.65. The fourth-order valence-electron chi connectivity index (χ4n) is 4.81. The van der Waals surface area contributed by atoms with Crippen molar-refractivity contribution >= 4 is 0 Å². The van der Waals surface area contributed by atoms with Crippen LogP contribution in [-0.2, 0) is 0 Å². The quantitative estimate of drug-likeness (QED) is 0.463. The maximum absolute atomic E-state index is 2.65. The Hall–Kier alpha value is -0.260. The summed E-state index contributed by atoms with van der Waals surface area (Å²) < 4.78 is 0. The lowest BCUT2D eigenvalue weighted by Gasteiger charge is -2.47. The highest BCUT2D eigenvalue weighted by atomic mass is 14.5. The van der Waals surface area contributed by atoms with Crippen LogP contribution in [0.5, 0.6) is 0 Å². The van der Waals surface area contributed by atoms with Gasteiger partial charge in [-0.2, -0.15) is 0 Å². The van der Waals surface area contributed by atoms with Crippen molar-refractivity contribution in [1.29, 1.82) is 0 Å². The Morgan fingerprint density at radius 2 is 1.30 bits per heavy atom. The molecule has 0 heteroatoms. The van der Waals surface area contributed by atoms with Crippen LogP contribution in [-0.4, -0.2) is 0 Å². The van der Waals surface area contributed by atoms with Crippen LogP contribution in [0.1, 0.15) is 97.3 Å². The molecular formula is C20H36. The number of rotatable bonds is 6. The first-order valence-corrected chi connectivity index (χ1v) is 9.42. The second kappa shape index (κ2) is 8.25. The fraction of sp³-hybridized carbons (Fsp3) is 0.900. The van der Waals surface area contributed by atoms with Gasteiger partial charge in [-0.3, -0.25) is 0 Å². The Morgan fingerprint density at radius 3 is 1.75 bits per heavy atom. The molecule has 0 unspecified atom stereocenters. The minimum atomic E-state index is 0.602. The van der Waals surface area contributed by atoms with Crippen LogP contribution < -0.4 is 0 Å². The monoisotopic (exact) mass is 276 g/mol. The normalized spacial score (nSPS) is 23.5. The topological polar surface area (TPSA) is 0 Å². The minimum Gasteiger partial charge on any atom is -0.0885 e. The van der Waals surface area contributed by atoms with Crippen molar-refractivity contribution in [3.8, 4) is 0 Å². The van der Waals surface area contributed by atoms with Crippen molar-refractivity contribution in [3.05, 3.63) is 12.2 Å². The molecule has 2 fully saturated rings. The lowest BCUT2D eigenvalue weighted by Crippen LogP contribution is -2.37. The summed E-state index contributed by atoms with van der Waals surface area (Å²) in [5.74, 6) is 2.01. The summed E-state index contributed by atoms with van der Waals surface area (Å²) in [6.45, 7) is 4.93. The molecule has 2 aliphatic rings. The third-order valence-electron chi connectivity index (χ3n) is 6.26. The molecule has 0 aromatic carbocycles.